The van der Waals surface area contributed by atoms with Gasteiger partial charge < -0.3 is 0 Å². The summed E-state index contributed by atoms with van der Waals surface area (Å²) in [5.74, 6) is 0.762. The van der Waals surface area contributed by atoms with Crippen LogP contribution in [0.5, 0.6) is 0 Å². The molecule has 0 N–H and O–H groups in total. The lowest BCUT2D eigenvalue weighted by atomic mass is 9.82. The number of thiophene rings is 2. The van der Waals surface area contributed by atoms with Crippen LogP contribution in [0.25, 0.3) is 85.4 Å². The number of fused-ring (bicyclic) bond motifs is 9. The van der Waals surface area contributed by atoms with Gasteiger partial charge in [0.15, 0.2) is 5.82 Å². The van der Waals surface area contributed by atoms with E-state index in [4.69, 9.17) is 9.97 Å². The first-order valence-corrected chi connectivity index (χ1v) is 17.6. The Kier molecular flexibility index (Phi) is 5.70. The number of hydrogen-bond acceptors (Lipinski definition) is 4. The maximum Gasteiger partial charge on any atom is 0.161 e. The van der Waals surface area contributed by atoms with Gasteiger partial charge in [-0.2, -0.15) is 0 Å². The van der Waals surface area contributed by atoms with Gasteiger partial charge in [0.25, 0.3) is 0 Å². The molecule has 6 aromatic carbocycles. The molecule has 0 fully saturated rings. The molecule has 1 aliphatic carbocycles. The Morgan fingerprint density at radius 3 is 1.55 bits per heavy atom. The predicted octanol–water partition coefficient (Wildman–Crippen LogP) is 12.5. The summed E-state index contributed by atoms with van der Waals surface area (Å²) < 4.78 is 5.10. The molecule has 0 unspecified atom stereocenters. The summed E-state index contributed by atoms with van der Waals surface area (Å²) in [4.78, 5) is 10.9. The summed E-state index contributed by atoms with van der Waals surface area (Å²) in [7, 11) is 0. The Balaban J connectivity index is 1.29. The van der Waals surface area contributed by atoms with Gasteiger partial charge in [-0.1, -0.05) is 129 Å². The van der Waals surface area contributed by atoms with Crippen LogP contribution in [0.3, 0.4) is 0 Å². The van der Waals surface area contributed by atoms with E-state index >= 15 is 0 Å². The number of aromatic nitrogens is 2. The largest absolute Gasteiger partial charge is 0.228 e. The molecule has 1 aliphatic rings. The highest BCUT2D eigenvalue weighted by atomic mass is 32.1. The Labute approximate surface area is 280 Å². The van der Waals surface area contributed by atoms with Gasteiger partial charge in [0, 0.05) is 62.4 Å². The molecule has 47 heavy (non-hydrogen) atoms. The van der Waals surface area contributed by atoms with Crippen LogP contribution in [-0.2, 0) is 5.41 Å². The second kappa shape index (κ2) is 9.92. The lowest BCUT2D eigenvalue weighted by Crippen LogP contribution is -2.14. The molecule has 2 nitrogen and oxygen atoms in total. The smallest absolute Gasteiger partial charge is 0.161 e. The molecule has 10 rings (SSSR count). The highest BCUT2D eigenvalue weighted by molar-refractivity contribution is 7.26. The Morgan fingerprint density at radius 1 is 0.447 bits per heavy atom. The van der Waals surface area contributed by atoms with Crippen LogP contribution >= 0.6 is 22.7 Å². The van der Waals surface area contributed by atoms with E-state index in [1.165, 1.54) is 62.6 Å². The molecule has 0 radical (unpaired) electrons. The third-order valence-corrected chi connectivity index (χ3v) is 12.4. The highest BCUT2D eigenvalue weighted by Crippen LogP contribution is 2.52. The van der Waals surface area contributed by atoms with E-state index in [2.05, 4.69) is 147 Å². The molecule has 0 bridgehead atoms. The van der Waals surface area contributed by atoms with Crippen LogP contribution < -0.4 is 0 Å². The first-order chi connectivity index (χ1) is 23.1. The fraction of sp³-hybridized carbons (Fsp3) is 0.0698. The van der Waals surface area contributed by atoms with E-state index in [1.807, 2.05) is 22.7 Å². The van der Waals surface area contributed by atoms with Crippen molar-refractivity contribution in [2.75, 3.05) is 0 Å². The zero-order valence-corrected chi connectivity index (χ0v) is 27.5. The first-order valence-electron chi connectivity index (χ1n) is 16.0. The summed E-state index contributed by atoms with van der Waals surface area (Å²) in [5.41, 5.74) is 10.4. The van der Waals surface area contributed by atoms with Crippen LogP contribution in [0.15, 0.2) is 133 Å². The molecule has 0 spiro atoms. The van der Waals surface area contributed by atoms with Crippen LogP contribution in [0.4, 0.5) is 0 Å². The molecule has 0 saturated heterocycles. The predicted molar refractivity (Wildman–Crippen MR) is 202 cm³/mol. The lowest BCUT2D eigenvalue weighted by molar-refractivity contribution is 0.660. The van der Waals surface area contributed by atoms with Gasteiger partial charge in [-0.3, -0.25) is 0 Å². The minimum Gasteiger partial charge on any atom is -0.228 e. The molecular formula is C43H28N2S2. The standard InChI is InChI=1S/C43H28N2S2/c1-43(2)33-20-6-3-14-29(33)39-32(19-11-21-34(39)43)42-44-35(30-17-9-15-27-25-12-4-7-22-37(25)46-40(27)30)24-36(45-42)31-18-10-16-28-26-13-5-8-23-38(26)47-41(28)31/h3-24H,1-2H3. The molecule has 3 aromatic heterocycles. The molecule has 0 amide bonds. The van der Waals surface area contributed by atoms with Gasteiger partial charge in [0.2, 0.25) is 0 Å². The molecule has 0 atom stereocenters. The SMILES string of the molecule is CC1(C)c2ccccc2-c2c(-c3nc(-c4cccc5c4sc4ccccc45)cc(-c4cccc5c4sc4ccccc45)n3)cccc21. The maximum absolute atomic E-state index is 5.44. The number of hydrogen-bond donors (Lipinski definition) is 0. The van der Waals surface area contributed by atoms with E-state index in [1.54, 1.807) is 0 Å². The van der Waals surface area contributed by atoms with Gasteiger partial charge in [-0.05, 0) is 40.5 Å². The fourth-order valence-electron chi connectivity index (χ4n) is 7.68. The number of benzene rings is 6. The van der Waals surface area contributed by atoms with E-state index in [0.29, 0.717) is 0 Å². The molecular weight excluding hydrogens is 609 g/mol. The summed E-state index contributed by atoms with van der Waals surface area (Å²) in [6.45, 7) is 4.66. The minimum absolute atomic E-state index is 0.103. The second-order valence-corrected chi connectivity index (χ2v) is 15.0. The van der Waals surface area contributed by atoms with Gasteiger partial charge in [0.1, 0.15) is 0 Å². The van der Waals surface area contributed by atoms with Gasteiger partial charge in [-0.25, -0.2) is 9.97 Å². The Bertz CT molecular complexity index is 2600. The summed E-state index contributed by atoms with van der Waals surface area (Å²) >= 11 is 3.69. The third-order valence-electron chi connectivity index (χ3n) is 9.94. The first kappa shape index (κ1) is 27.0. The molecule has 0 saturated carbocycles. The maximum atomic E-state index is 5.44. The number of rotatable bonds is 3. The van der Waals surface area contributed by atoms with Crippen molar-refractivity contribution in [1.29, 1.82) is 0 Å². The van der Waals surface area contributed by atoms with Crippen molar-refractivity contribution >= 4 is 63.0 Å². The molecule has 3 heterocycles. The molecule has 0 aliphatic heterocycles. The third kappa shape index (κ3) is 3.89. The Hall–Kier alpha value is -5.16. The zero-order valence-electron chi connectivity index (χ0n) is 25.9. The van der Waals surface area contributed by atoms with Gasteiger partial charge in [0.05, 0.1) is 11.4 Å². The summed E-state index contributed by atoms with van der Waals surface area (Å²) in [6, 6.07) is 48.4. The summed E-state index contributed by atoms with van der Waals surface area (Å²) in [5, 5.41) is 5.12. The van der Waals surface area contributed by atoms with Crippen molar-refractivity contribution in [1.82, 2.24) is 9.97 Å². The van der Waals surface area contributed by atoms with E-state index in [0.717, 1.165) is 33.9 Å². The van der Waals surface area contributed by atoms with Gasteiger partial charge >= 0.3 is 0 Å². The minimum atomic E-state index is -0.103. The van der Waals surface area contributed by atoms with Crippen molar-refractivity contribution in [3.8, 4) is 45.0 Å². The van der Waals surface area contributed by atoms with Crippen molar-refractivity contribution in [2.24, 2.45) is 0 Å². The quantitative estimate of drug-likeness (QED) is 0.193. The van der Waals surface area contributed by atoms with Crippen molar-refractivity contribution in [2.45, 2.75) is 19.3 Å². The van der Waals surface area contributed by atoms with Crippen LogP contribution in [0.1, 0.15) is 25.0 Å². The van der Waals surface area contributed by atoms with Crippen LogP contribution in [0, 0.1) is 0 Å². The average molecular weight is 637 g/mol. The molecule has 4 heteroatoms. The molecule has 9 aromatic rings. The second-order valence-electron chi connectivity index (χ2n) is 12.9. The average Bonchev–Trinajstić information content (AvgIpc) is 3.76. The van der Waals surface area contributed by atoms with E-state index < -0.39 is 0 Å². The normalized spacial score (nSPS) is 13.5. The van der Waals surface area contributed by atoms with Crippen LogP contribution in [-0.4, -0.2) is 9.97 Å². The fourth-order valence-corrected chi connectivity index (χ4v) is 10.1. The number of nitrogens with zero attached hydrogens (tertiary/aromatic N) is 2. The van der Waals surface area contributed by atoms with Crippen molar-refractivity contribution in [3.63, 3.8) is 0 Å². The highest BCUT2D eigenvalue weighted by Gasteiger charge is 2.37. The molecule has 222 valence electrons. The summed E-state index contributed by atoms with van der Waals surface area (Å²) in [6.07, 6.45) is 0. The monoisotopic (exact) mass is 636 g/mol. The van der Waals surface area contributed by atoms with Gasteiger partial charge in [-0.15, -0.1) is 22.7 Å². The Morgan fingerprint density at radius 2 is 0.915 bits per heavy atom. The van der Waals surface area contributed by atoms with Crippen LogP contribution in [0.2, 0.25) is 0 Å². The lowest BCUT2D eigenvalue weighted by Gasteiger charge is -2.21. The van der Waals surface area contributed by atoms with Crippen molar-refractivity contribution in [3.05, 3.63) is 145 Å². The van der Waals surface area contributed by atoms with Crippen molar-refractivity contribution < 1.29 is 0 Å². The van der Waals surface area contributed by atoms with E-state index in [-0.39, 0.29) is 5.41 Å². The van der Waals surface area contributed by atoms with E-state index in [9.17, 15) is 0 Å². The topological polar surface area (TPSA) is 25.8 Å². The zero-order chi connectivity index (χ0) is 31.3.